The van der Waals surface area contributed by atoms with Gasteiger partial charge >= 0.3 is 19.7 Å². The Hall–Kier alpha value is -3.02. The minimum Gasteiger partial charge on any atom is -0.469 e. The molecular formula is C28H33BF2N2O6. The SMILES string of the molecule is COC(=O)[C@@H]1CCN(Cc2cc3nc(-c4cccc(B5OC(C)(C)C(C)(C)O5)c4C)oc3cc2OC(F)F)C1. The summed E-state index contributed by atoms with van der Waals surface area (Å²) in [5, 5.41) is 0. The van der Waals surface area contributed by atoms with Crippen molar-refractivity contribution in [3.8, 4) is 17.2 Å². The summed E-state index contributed by atoms with van der Waals surface area (Å²) in [6.45, 7) is 8.40. The predicted molar refractivity (Wildman–Crippen MR) is 142 cm³/mol. The first-order valence-electron chi connectivity index (χ1n) is 13.0. The molecule has 39 heavy (non-hydrogen) atoms. The molecule has 1 atom stereocenters. The van der Waals surface area contributed by atoms with E-state index in [0.717, 1.165) is 16.6 Å². The summed E-state index contributed by atoms with van der Waals surface area (Å²) in [5.41, 5.74) is 2.92. The van der Waals surface area contributed by atoms with Crippen LogP contribution in [0, 0.1) is 12.8 Å². The van der Waals surface area contributed by atoms with E-state index < -0.39 is 24.9 Å². The fourth-order valence-electron chi connectivity index (χ4n) is 5.13. The van der Waals surface area contributed by atoms with E-state index >= 15 is 0 Å². The molecule has 2 aliphatic rings. The Balaban J connectivity index is 1.46. The number of esters is 1. The van der Waals surface area contributed by atoms with Gasteiger partial charge in [-0.1, -0.05) is 12.1 Å². The molecule has 2 aromatic carbocycles. The molecule has 0 N–H and O–H groups in total. The number of halogens is 2. The average Bonchev–Trinajstić information content (AvgIpc) is 3.54. The number of carbonyl (C=O) groups excluding carboxylic acids is 1. The molecule has 3 aromatic rings. The van der Waals surface area contributed by atoms with E-state index in [1.165, 1.54) is 13.2 Å². The third-order valence-corrected chi connectivity index (χ3v) is 8.10. The van der Waals surface area contributed by atoms with Crippen LogP contribution in [-0.2, 0) is 25.4 Å². The van der Waals surface area contributed by atoms with Crippen LogP contribution in [0.3, 0.4) is 0 Å². The van der Waals surface area contributed by atoms with Gasteiger partial charge in [0.2, 0.25) is 5.89 Å². The van der Waals surface area contributed by atoms with Gasteiger partial charge in [0.25, 0.3) is 0 Å². The second kappa shape index (κ2) is 10.2. The highest BCUT2D eigenvalue weighted by molar-refractivity contribution is 6.62. The number of likely N-dealkylation sites (tertiary alicyclic amines) is 1. The zero-order chi connectivity index (χ0) is 28.1. The Morgan fingerprint density at radius 1 is 1.21 bits per heavy atom. The third kappa shape index (κ3) is 5.27. The standard InChI is InChI=1S/C28H33BF2N2O6/c1-16-19(8-7-9-20(16)29-38-27(2,3)28(4,5)39-29)24-32-21-12-18(22(37-26(30)31)13-23(21)36-24)15-33-11-10-17(14-33)25(34)35-6/h7-9,12-13,17,26H,10-11,14-15H2,1-6H3/t17-/m1/s1. The molecule has 0 unspecified atom stereocenters. The lowest BCUT2D eigenvalue weighted by atomic mass is 9.75. The number of rotatable bonds is 7. The van der Waals surface area contributed by atoms with Gasteiger partial charge in [-0.2, -0.15) is 8.78 Å². The molecule has 0 spiro atoms. The van der Waals surface area contributed by atoms with Crippen LogP contribution >= 0.6 is 0 Å². The Bertz CT molecular complexity index is 1380. The van der Waals surface area contributed by atoms with Crippen LogP contribution in [0.1, 0.15) is 45.2 Å². The maximum Gasteiger partial charge on any atom is 0.495 e. The van der Waals surface area contributed by atoms with E-state index in [1.54, 1.807) is 6.07 Å². The van der Waals surface area contributed by atoms with Crippen LogP contribution in [0.2, 0.25) is 0 Å². The predicted octanol–water partition coefficient (Wildman–Crippen LogP) is 4.70. The van der Waals surface area contributed by atoms with Crippen LogP contribution in [0.5, 0.6) is 5.75 Å². The smallest absolute Gasteiger partial charge is 0.469 e. The maximum atomic E-state index is 13.3. The third-order valence-electron chi connectivity index (χ3n) is 8.10. The minimum atomic E-state index is -3.00. The van der Waals surface area contributed by atoms with Crippen LogP contribution in [-0.4, -0.2) is 61.0 Å². The number of alkyl halides is 2. The largest absolute Gasteiger partial charge is 0.495 e. The molecule has 5 rings (SSSR count). The molecule has 0 aliphatic carbocycles. The maximum absolute atomic E-state index is 13.3. The van der Waals surface area contributed by atoms with Crippen molar-refractivity contribution in [2.75, 3.05) is 20.2 Å². The first-order chi connectivity index (χ1) is 18.4. The molecule has 11 heteroatoms. The van der Waals surface area contributed by atoms with Crippen molar-refractivity contribution in [2.45, 2.75) is 65.4 Å². The number of ether oxygens (including phenoxy) is 2. The van der Waals surface area contributed by atoms with E-state index in [2.05, 4.69) is 0 Å². The van der Waals surface area contributed by atoms with Crippen LogP contribution in [0.25, 0.3) is 22.6 Å². The molecule has 8 nitrogen and oxygen atoms in total. The molecule has 1 aromatic heterocycles. The van der Waals surface area contributed by atoms with Gasteiger partial charge in [-0.25, -0.2) is 4.98 Å². The van der Waals surface area contributed by atoms with Crippen molar-refractivity contribution in [1.29, 1.82) is 0 Å². The van der Waals surface area contributed by atoms with Crippen LogP contribution < -0.4 is 10.2 Å². The van der Waals surface area contributed by atoms with Crippen molar-refractivity contribution in [3.63, 3.8) is 0 Å². The number of carbonyl (C=O) groups is 1. The minimum absolute atomic E-state index is 0.0180. The number of oxazole rings is 1. The molecule has 2 saturated heterocycles. The Morgan fingerprint density at radius 2 is 1.92 bits per heavy atom. The molecule has 3 heterocycles. The summed E-state index contributed by atoms with van der Waals surface area (Å²) < 4.78 is 54.8. The topological polar surface area (TPSA) is 83.3 Å². The number of nitrogens with zero attached hydrogens (tertiary/aromatic N) is 2. The van der Waals surface area contributed by atoms with Crippen molar-refractivity contribution >= 4 is 29.7 Å². The number of hydrogen-bond acceptors (Lipinski definition) is 8. The molecule has 0 bridgehead atoms. The number of fused-ring (bicyclic) bond motifs is 1. The molecule has 208 valence electrons. The average molecular weight is 542 g/mol. The summed E-state index contributed by atoms with van der Waals surface area (Å²) in [6, 6.07) is 8.89. The molecule has 2 fully saturated rings. The van der Waals surface area contributed by atoms with E-state index in [9.17, 15) is 13.6 Å². The van der Waals surface area contributed by atoms with Crippen molar-refractivity contribution in [1.82, 2.24) is 9.88 Å². The van der Waals surface area contributed by atoms with Gasteiger partial charge in [-0.05, 0) is 70.7 Å². The fraction of sp³-hybridized carbons (Fsp3) is 0.500. The summed E-state index contributed by atoms with van der Waals surface area (Å²) in [6.07, 6.45) is 0.645. The normalized spacial score (nSPS) is 20.7. The second-order valence-electron chi connectivity index (χ2n) is 11.2. The van der Waals surface area contributed by atoms with Gasteiger partial charge in [0.05, 0.1) is 24.2 Å². The highest BCUT2D eigenvalue weighted by Gasteiger charge is 2.52. The Labute approximate surface area is 226 Å². The van der Waals surface area contributed by atoms with E-state index in [4.69, 9.17) is 28.2 Å². The second-order valence-corrected chi connectivity index (χ2v) is 11.2. The fourth-order valence-corrected chi connectivity index (χ4v) is 5.13. The molecule has 0 saturated carbocycles. The van der Waals surface area contributed by atoms with Gasteiger partial charge in [-0.15, -0.1) is 0 Å². The molecular weight excluding hydrogens is 509 g/mol. The van der Waals surface area contributed by atoms with Gasteiger partial charge in [0, 0.05) is 30.3 Å². The number of methoxy groups -OCH3 is 1. The van der Waals surface area contributed by atoms with E-state index in [0.29, 0.717) is 48.6 Å². The monoisotopic (exact) mass is 542 g/mol. The van der Waals surface area contributed by atoms with Gasteiger partial charge in [0.15, 0.2) is 5.58 Å². The van der Waals surface area contributed by atoms with Gasteiger partial charge in [-0.3, -0.25) is 9.69 Å². The number of benzene rings is 2. The summed E-state index contributed by atoms with van der Waals surface area (Å²) in [4.78, 5) is 18.6. The van der Waals surface area contributed by atoms with Crippen molar-refractivity contribution in [3.05, 3.63) is 41.5 Å². The van der Waals surface area contributed by atoms with Crippen molar-refractivity contribution < 1.29 is 36.8 Å². The number of aromatic nitrogens is 1. The highest BCUT2D eigenvalue weighted by atomic mass is 19.3. The van der Waals surface area contributed by atoms with Gasteiger partial charge < -0.3 is 23.2 Å². The summed E-state index contributed by atoms with van der Waals surface area (Å²) >= 11 is 0. The molecule has 0 amide bonds. The van der Waals surface area contributed by atoms with E-state index in [-0.39, 0.29) is 17.6 Å². The van der Waals surface area contributed by atoms with Gasteiger partial charge in [0.1, 0.15) is 11.3 Å². The summed E-state index contributed by atoms with van der Waals surface area (Å²) in [5.74, 6) is -0.135. The van der Waals surface area contributed by atoms with Crippen molar-refractivity contribution in [2.24, 2.45) is 5.92 Å². The molecule has 0 radical (unpaired) electrons. The molecule has 2 aliphatic heterocycles. The lowest BCUT2D eigenvalue weighted by molar-refractivity contribution is -0.144. The number of hydrogen-bond donors (Lipinski definition) is 0. The Kier molecular flexibility index (Phi) is 7.19. The first-order valence-corrected chi connectivity index (χ1v) is 13.0. The first kappa shape index (κ1) is 27.5. The zero-order valence-electron chi connectivity index (χ0n) is 23.0. The van der Waals surface area contributed by atoms with Crippen LogP contribution in [0.15, 0.2) is 34.7 Å². The van der Waals surface area contributed by atoms with Crippen LogP contribution in [0.4, 0.5) is 8.78 Å². The summed E-state index contributed by atoms with van der Waals surface area (Å²) in [7, 11) is 0.814. The van der Waals surface area contributed by atoms with E-state index in [1.807, 2.05) is 57.7 Å². The zero-order valence-corrected chi connectivity index (χ0v) is 23.0. The lowest BCUT2D eigenvalue weighted by Crippen LogP contribution is -2.41. The quantitative estimate of drug-likeness (QED) is 0.314. The lowest BCUT2D eigenvalue weighted by Gasteiger charge is -2.32. The Morgan fingerprint density at radius 3 is 2.59 bits per heavy atom. The highest BCUT2D eigenvalue weighted by Crippen LogP contribution is 2.38.